The summed E-state index contributed by atoms with van der Waals surface area (Å²) in [5.41, 5.74) is -3.25. The first-order valence-electron chi connectivity index (χ1n) is 16.5. The first kappa shape index (κ1) is 38.6. The molecule has 6 N–H and O–H groups in total. The van der Waals surface area contributed by atoms with Crippen molar-refractivity contribution in [3.8, 4) is 0 Å². The van der Waals surface area contributed by atoms with Gasteiger partial charge in [-0.2, -0.15) is 0 Å². The van der Waals surface area contributed by atoms with Crippen LogP contribution < -0.4 is 33.7 Å². The van der Waals surface area contributed by atoms with Crippen molar-refractivity contribution in [1.82, 2.24) is 28.7 Å². The van der Waals surface area contributed by atoms with Gasteiger partial charge in [-0.3, -0.25) is 47.6 Å². The fourth-order valence-electron chi connectivity index (χ4n) is 6.44. The molecule has 23 heteroatoms. The molecule has 3 aromatic rings. The number of phosphoric acid groups is 1. The van der Waals surface area contributed by atoms with Gasteiger partial charge in [0.2, 0.25) is 0 Å². The lowest BCUT2D eigenvalue weighted by molar-refractivity contribution is -0.123. The van der Waals surface area contributed by atoms with Crippen LogP contribution in [0.2, 0.25) is 0 Å². The lowest BCUT2D eigenvalue weighted by Crippen LogP contribution is -2.37. The molecule has 3 saturated heterocycles. The van der Waals surface area contributed by atoms with Gasteiger partial charge in [-0.1, -0.05) is 0 Å². The summed E-state index contributed by atoms with van der Waals surface area (Å²) in [6.07, 6.45) is -4.65. The molecule has 9 atom stereocenters. The van der Waals surface area contributed by atoms with Gasteiger partial charge < -0.3 is 38.6 Å². The van der Waals surface area contributed by atoms with E-state index in [-0.39, 0.29) is 49.2 Å². The third-order valence-electron chi connectivity index (χ3n) is 9.29. The Morgan fingerprint density at radius 2 is 1.00 bits per heavy atom. The second-order valence-corrected chi connectivity index (χ2v) is 14.4. The number of aromatic nitrogens is 6. The van der Waals surface area contributed by atoms with Crippen LogP contribution in [-0.2, 0) is 32.8 Å². The molecule has 0 spiro atoms. The summed E-state index contributed by atoms with van der Waals surface area (Å²) in [7, 11) is -4.94. The summed E-state index contributed by atoms with van der Waals surface area (Å²) >= 11 is 0. The zero-order valence-corrected chi connectivity index (χ0v) is 29.5. The zero-order chi connectivity index (χ0) is 38.4. The molecule has 0 amide bonds. The van der Waals surface area contributed by atoms with Crippen molar-refractivity contribution in [2.45, 2.75) is 95.3 Å². The first-order valence-corrected chi connectivity index (χ1v) is 18.0. The van der Waals surface area contributed by atoms with Gasteiger partial charge in [0.15, 0.2) is 0 Å². The highest BCUT2D eigenvalue weighted by Crippen LogP contribution is 2.39. The molecule has 290 valence electrons. The number of rotatable bonds is 12. The number of nitrogens with zero attached hydrogens (tertiary/aromatic N) is 3. The number of H-pyrrole nitrogens is 3. The molecule has 3 aliphatic heterocycles. The Bertz CT molecular complexity index is 2240. The van der Waals surface area contributed by atoms with E-state index in [1.54, 1.807) is 0 Å². The number of ether oxygens (including phenoxy) is 5. The Morgan fingerprint density at radius 3 is 1.42 bits per heavy atom. The Labute approximate surface area is 297 Å². The maximum atomic E-state index is 12.8. The van der Waals surface area contributed by atoms with Gasteiger partial charge in [-0.25, -0.2) is 18.9 Å². The van der Waals surface area contributed by atoms with Gasteiger partial charge in [0, 0.05) is 54.5 Å². The zero-order valence-electron chi connectivity index (χ0n) is 28.6. The van der Waals surface area contributed by atoms with Crippen molar-refractivity contribution >= 4 is 7.82 Å². The minimum Gasteiger partial charge on any atom is -0.390 e. The number of phosphoric ester groups is 1. The molecule has 0 aliphatic carbocycles. The topological polar surface area (TPSA) is 298 Å². The highest BCUT2D eigenvalue weighted by atomic mass is 31.2. The average Bonchev–Trinajstić information content (AvgIpc) is 3.79. The molecule has 6 rings (SSSR count). The number of aliphatic hydroxyl groups is 1. The van der Waals surface area contributed by atoms with Gasteiger partial charge in [0.25, 0.3) is 16.7 Å². The lowest BCUT2D eigenvalue weighted by atomic mass is 10.1. The Balaban J connectivity index is 1.20. The van der Waals surface area contributed by atoms with E-state index in [0.29, 0.717) is 0 Å². The number of hydrogen-bond donors (Lipinski definition) is 6. The molecule has 3 aliphatic rings. The Morgan fingerprint density at radius 1 is 0.642 bits per heavy atom. The van der Waals surface area contributed by atoms with Crippen molar-refractivity contribution in [2.24, 2.45) is 0 Å². The summed E-state index contributed by atoms with van der Waals surface area (Å²) in [5, 5.41) is 10.8. The molecule has 3 fully saturated rings. The third kappa shape index (κ3) is 8.67. The van der Waals surface area contributed by atoms with Crippen molar-refractivity contribution in [3.05, 3.63) is 97.8 Å². The molecule has 0 bridgehead atoms. The summed E-state index contributed by atoms with van der Waals surface area (Å²) in [4.78, 5) is 98.9. The van der Waals surface area contributed by atoms with E-state index in [4.69, 9.17) is 23.7 Å². The van der Waals surface area contributed by atoms with Gasteiger partial charge in [0.05, 0.1) is 38.1 Å². The van der Waals surface area contributed by atoms with E-state index in [0.717, 1.165) is 4.57 Å². The maximum Gasteiger partial charge on any atom is 0.469 e. The Kier molecular flexibility index (Phi) is 11.2. The smallest absolute Gasteiger partial charge is 0.390 e. The molecule has 3 aromatic heterocycles. The largest absolute Gasteiger partial charge is 0.469 e. The predicted octanol–water partition coefficient (Wildman–Crippen LogP) is -2.33. The number of nitrogens with one attached hydrogen (secondary N) is 3. The number of hydrogen-bond acceptors (Lipinski definition) is 14. The van der Waals surface area contributed by atoms with E-state index in [1.807, 2.05) is 0 Å². The van der Waals surface area contributed by atoms with Crippen molar-refractivity contribution in [2.75, 3.05) is 19.8 Å². The predicted molar refractivity (Wildman–Crippen MR) is 177 cm³/mol. The second kappa shape index (κ2) is 15.3. The van der Waals surface area contributed by atoms with Crippen LogP contribution in [-0.4, -0.2) is 100.0 Å². The SMILES string of the molecule is Cc1cn([C@H]2C[C@H](OC[C@H]3O[C@@H](n4cc(C)c(=O)[nH]c4=O)C[C@@H]3O)[C@@H](CO[C@H]3C[C@H](n4cc(C)c(=O)[nH]c4=O)O[C@@H]3COP(=O)(O)O)O2)c(=O)[nH]c1=O. The van der Waals surface area contributed by atoms with Crippen LogP contribution in [0.4, 0.5) is 0 Å². The fourth-order valence-corrected chi connectivity index (χ4v) is 6.78. The molecular formula is C30H39N6O16P. The van der Waals surface area contributed by atoms with E-state index < -0.39 is 103 Å². The number of aromatic amines is 3. The van der Waals surface area contributed by atoms with Crippen LogP contribution >= 0.6 is 7.82 Å². The molecule has 53 heavy (non-hydrogen) atoms. The van der Waals surface area contributed by atoms with E-state index >= 15 is 0 Å². The molecule has 0 saturated carbocycles. The highest BCUT2D eigenvalue weighted by molar-refractivity contribution is 7.46. The summed E-state index contributed by atoms with van der Waals surface area (Å²) < 4.78 is 50.0. The van der Waals surface area contributed by atoms with Crippen LogP contribution in [0, 0.1) is 20.8 Å². The van der Waals surface area contributed by atoms with Gasteiger partial charge in [-0.05, 0) is 20.8 Å². The fraction of sp³-hybridized carbons (Fsp3) is 0.600. The van der Waals surface area contributed by atoms with E-state index in [9.17, 15) is 48.2 Å². The van der Waals surface area contributed by atoms with Crippen molar-refractivity contribution < 1.29 is 47.7 Å². The van der Waals surface area contributed by atoms with E-state index in [2.05, 4.69) is 19.5 Å². The standard InChI is InChI=1S/C30H39N6O16P/c1-13-7-34(28(41)31-25(13)38)22-4-16(37)19(50-22)10-47-17-5-23(35-8-14(2)26(39)32-29(35)42)51-20(17)11-48-18-6-24(52-21(18)12-49-53(44,45)46)36-9-15(3)27(40)33-30(36)43/h7-9,16-24,37H,4-6,10-12H2,1-3H3,(H,31,38,41)(H,32,39,42)(H,33,40,43)(H2,44,45,46)/t16-,17-,18-,19+,20+,21+,22+,23+,24+/m0/s1. The molecule has 0 aromatic carbocycles. The van der Waals surface area contributed by atoms with Gasteiger partial charge in [-0.15, -0.1) is 0 Å². The summed E-state index contributed by atoms with van der Waals surface area (Å²) in [5.74, 6) is 0. The third-order valence-corrected chi connectivity index (χ3v) is 9.78. The van der Waals surface area contributed by atoms with Crippen molar-refractivity contribution in [1.29, 1.82) is 0 Å². The van der Waals surface area contributed by atoms with Crippen molar-refractivity contribution in [3.63, 3.8) is 0 Å². The molecule has 0 unspecified atom stereocenters. The first-order chi connectivity index (χ1) is 25.0. The monoisotopic (exact) mass is 770 g/mol. The van der Waals surface area contributed by atoms with Crippen LogP contribution in [0.15, 0.2) is 47.4 Å². The highest BCUT2D eigenvalue weighted by Gasteiger charge is 2.44. The maximum absolute atomic E-state index is 12.8. The normalized spacial score (nSPS) is 28.9. The summed E-state index contributed by atoms with van der Waals surface area (Å²) in [6, 6.07) is 0. The lowest BCUT2D eigenvalue weighted by Gasteiger charge is -2.24. The van der Waals surface area contributed by atoms with Gasteiger partial charge >= 0.3 is 24.9 Å². The minimum atomic E-state index is -4.94. The number of aliphatic hydroxyl groups excluding tert-OH is 1. The van der Waals surface area contributed by atoms with Crippen LogP contribution in [0.5, 0.6) is 0 Å². The van der Waals surface area contributed by atoms with Crippen LogP contribution in [0.25, 0.3) is 0 Å². The Hall–Kier alpha value is -4.09. The van der Waals surface area contributed by atoms with E-state index in [1.165, 1.54) is 48.5 Å². The van der Waals surface area contributed by atoms with Crippen LogP contribution in [0.3, 0.4) is 0 Å². The molecule has 0 radical (unpaired) electrons. The molecular weight excluding hydrogens is 731 g/mol. The quantitative estimate of drug-likeness (QED) is 0.105. The average molecular weight is 771 g/mol. The van der Waals surface area contributed by atoms with Gasteiger partial charge in [0.1, 0.15) is 37.0 Å². The molecule has 6 heterocycles. The second-order valence-electron chi connectivity index (χ2n) is 13.1. The summed E-state index contributed by atoms with van der Waals surface area (Å²) in [6.45, 7) is 3.44. The minimum absolute atomic E-state index is 0.0145. The van der Waals surface area contributed by atoms with Crippen LogP contribution in [0.1, 0.15) is 54.6 Å². The molecule has 22 nitrogen and oxygen atoms in total. The number of aryl methyl sites for hydroxylation is 3.